The van der Waals surface area contributed by atoms with Crippen LogP contribution < -0.4 is 15.5 Å². The summed E-state index contributed by atoms with van der Waals surface area (Å²) in [6, 6.07) is 20.8. The Balaban J connectivity index is 1.50. The van der Waals surface area contributed by atoms with Gasteiger partial charge in [-0.2, -0.15) is 0 Å². The SMILES string of the molecule is O=C(Nc1ccccc1N1CCOCC1)C(=O)Nc1cccc2ccccc12. The number of ether oxygens (including phenoxy) is 1. The van der Waals surface area contributed by atoms with E-state index in [4.69, 9.17) is 4.74 Å². The van der Waals surface area contributed by atoms with Crippen molar-refractivity contribution in [2.75, 3.05) is 41.8 Å². The molecule has 1 saturated heterocycles. The molecule has 6 heteroatoms. The Morgan fingerprint density at radius 1 is 0.750 bits per heavy atom. The Morgan fingerprint density at radius 2 is 1.36 bits per heavy atom. The molecule has 1 fully saturated rings. The van der Waals surface area contributed by atoms with Crippen LogP contribution in [-0.2, 0) is 14.3 Å². The molecule has 0 spiro atoms. The van der Waals surface area contributed by atoms with Gasteiger partial charge in [-0.25, -0.2) is 0 Å². The summed E-state index contributed by atoms with van der Waals surface area (Å²) in [6.45, 7) is 2.78. The van der Waals surface area contributed by atoms with Crippen molar-refractivity contribution in [1.29, 1.82) is 0 Å². The molecule has 0 unspecified atom stereocenters. The number of para-hydroxylation sites is 2. The van der Waals surface area contributed by atoms with E-state index in [2.05, 4.69) is 15.5 Å². The molecule has 3 aromatic carbocycles. The van der Waals surface area contributed by atoms with E-state index in [-0.39, 0.29) is 0 Å². The number of carbonyl (C=O) groups excluding carboxylic acids is 2. The first-order valence-corrected chi connectivity index (χ1v) is 9.24. The summed E-state index contributed by atoms with van der Waals surface area (Å²) in [7, 11) is 0. The molecule has 1 aliphatic heterocycles. The minimum absolute atomic E-state index is 0.611. The fourth-order valence-corrected chi connectivity index (χ4v) is 3.35. The Hall–Kier alpha value is -3.38. The Labute approximate surface area is 163 Å². The highest BCUT2D eigenvalue weighted by atomic mass is 16.5. The van der Waals surface area contributed by atoms with Gasteiger partial charge in [0.25, 0.3) is 0 Å². The third-order valence-corrected chi connectivity index (χ3v) is 4.75. The number of nitrogens with one attached hydrogen (secondary N) is 2. The lowest BCUT2D eigenvalue weighted by Gasteiger charge is -2.30. The number of hydrogen-bond acceptors (Lipinski definition) is 4. The number of hydrogen-bond donors (Lipinski definition) is 2. The van der Waals surface area contributed by atoms with Crippen LogP contribution >= 0.6 is 0 Å². The highest BCUT2D eigenvalue weighted by molar-refractivity contribution is 6.44. The maximum Gasteiger partial charge on any atom is 0.314 e. The van der Waals surface area contributed by atoms with Gasteiger partial charge < -0.3 is 20.3 Å². The van der Waals surface area contributed by atoms with Gasteiger partial charge in [-0.05, 0) is 23.6 Å². The number of anilines is 3. The van der Waals surface area contributed by atoms with Gasteiger partial charge in [0, 0.05) is 24.2 Å². The number of morpholine rings is 1. The second kappa shape index (κ2) is 8.10. The van der Waals surface area contributed by atoms with E-state index in [1.807, 2.05) is 54.6 Å². The van der Waals surface area contributed by atoms with Gasteiger partial charge in [-0.15, -0.1) is 0 Å². The fraction of sp³-hybridized carbons (Fsp3) is 0.182. The third-order valence-electron chi connectivity index (χ3n) is 4.75. The largest absolute Gasteiger partial charge is 0.378 e. The number of amides is 2. The quantitative estimate of drug-likeness (QED) is 0.690. The summed E-state index contributed by atoms with van der Waals surface area (Å²) in [5.41, 5.74) is 2.11. The summed E-state index contributed by atoms with van der Waals surface area (Å²) < 4.78 is 5.39. The van der Waals surface area contributed by atoms with Crippen molar-refractivity contribution in [3.05, 3.63) is 66.7 Å². The predicted molar refractivity (Wildman–Crippen MR) is 111 cm³/mol. The van der Waals surface area contributed by atoms with Crippen molar-refractivity contribution in [1.82, 2.24) is 0 Å². The topological polar surface area (TPSA) is 70.7 Å². The zero-order valence-electron chi connectivity index (χ0n) is 15.4. The van der Waals surface area contributed by atoms with E-state index in [0.29, 0.717) is 24.6 Å². The number of benzene rings is 3. The number of fused-ring (bicyclic) bond motifs is 1. The maximum atomic E-state index is 12.5. The summed E-state index contributed by atoms with van der Waals surface area (Å²) in [4.78, 5) is 27.2. The van der Waals surface area contributed by atoms with Gasteiger partial charge in [0.15, 0.2) is 0 Å². The van der Waals surface area contributed by atoms with E-state index in [0.717, 1.165) is 29.5 Å². The molecule has 0 aliphatic carbocycles. The van der Waals surface area contributed by atoms with Crippen LogP contribution in [0.1, 0.15) is 0 Å². The van der Waals surface area contributed by atoms with Crippen LogP contribution in [0.3, 0.4) is 0 Å². The Morgan fingerprint density at radius 3 is 2.18 bits per heavy atom. The maximum absolute atomic E-state index is 12.5. The first kappa shape index (κ1) is 18.0. The fourth-order valence-electron chi connectivity index (χ4n) is 3.35. The molecular weight excluding hydrogens is 354 g/mol. The number of rotatable bonds is 3. The number of nitrogens with zero attached hydrogens (tertiary/aromatic N) is 1. The molecule has 142 valence electrons. The van der Waals surface area contributed by atoms with E-state index in [1.165, 1.54) is 0 Å². The van der Waals surface area contributed by atoms with Crippen molar-refractivity contribution in [2.45, 2.75) is 0 Å². The zero-order valence-corrected chi connectivity index (χ0v) is 15.4. The molecule has 1 aliphatic rings. The summed E-state index contributed by atoms with van der Waals surface area (Å²) in [6.07, 6.45) is 0. The Kier molecular flexibility index (Phi) is 5.21. The van der Waals surface area contributed by atoms with Crippen molar-refractivity contribution < 1.29 is 14.3 Å². The van der Waals surface area contributed by atoms with E-state index >= 15 is 0 Å². The summed E-state index contributed by atoms with van der Waals surface area (Å²) in [5, 5.41) is 7.35. The first-order valence-electron chi connectivity index (χ1n) is 9.24. The molecule has 4 rings (SSSR count). The molecule has 2 N–H and O–H groups in total. The normalized spacial score (nSPS) is 13.9. The van der Waals surface area contributed by atoms with E-state index in [1.54, 1.807) is 12.1 Å². The molecular formula is C22H21N3O3. The summed E-state index contributed by atoms with van der Waals surface area (Å²) in [5.74, 6) is -1.40. The van der Waals surface area contributed by atoms with Gasteiger partial charge in [0.1, 0.15) is 0 Å². The lowest BCUT2D eigenvalue weighted by Crippen LogP contribution is -2.37. The molecule has 28 heavy (non-hydrogen) atoms. The van der Waals surface area contributed by atoms with Crippen molar-refractivity contribution in [3.63, 3.8) is 0 Å². The zero-order chi connectivity index (χ0) is 19.3. The van der Waals surface area contributed by atoms with Crippen LogP contribution in [0.5, 0.6) is 0 Å². The highest BCUT2D eigenvalue weighted by Crippen LogP contribution is 2.27. The van der Waals surface area contributed by atoms with Gasteiger partial charge in [0.2, 0.25) is 0 Å². The summed E-state index contributed by atoms with van der Waals surface area (Å²) >= 11 is 0. The second-order valence-electron chi connectivity index (χ2n) is 6.55. The molecule has 1 heterocycles. The van der Waals surface area contributed by atoms with E-state index in [9.17, 15) is 9.59 Å². The monoisotopic (exact) mass is 375 g/mol. The lowest BCUT2D eigenvalue weighted by atomic mass is 10.1. The average molecular weight is 375 g/mol. The average Bonchev–Trinajstić information content (AvgIpc) is 2.75. The van der Waals surface area contributed by atoms with Gasteiger partial charge in [0.05, 0.1) is 24.6 Å². The van der Waals surface area contributed by atoms with Crippen LogP contribution in [0, 0.1) is 0 Å². The lowest BCUT2D eigenvalue weighted by molar-refractivity contribution is -0.132. The van der Waals surface area contributed by atoms with Crippen molar-refractivity contribution in [3.8, 4) is 0 Å². The molecule has 0 radical (unpaired) electrons. The van der Waals surface area contributed by atoms with Crippen LogP contribution in [0.15, 0.2) is 66.7 Å². The van der Waals surface area contributed by atoms with Gasteiger partial charge in [-0.1, -0.05) is 48.5 Å². The van der Waals surface area contributed by atoms with Crippen molar-refractivity contribution in [2.24, 2.45) is 0 Å². The second-order valence-corrected chi connectivity index (χ2v) is 6.55. The van der Waals surface area contributed by atoms with Crippen LogP contribution in [0.4, 0.5) is 17.1 Å². The van der Waals surface area contributed by atoms with E-state index < -0.39 is 11.8 Å². The molecule has 0 saturated carbocycles. The minimum atomic E-state index is -0.701. The van der Waals surface area contributed by atoms with Crippen LogP contribution in [0.2, 0.25) is 0 Å². The Bertz CT molecular complexity index is 1010. The molecule has 0 aromatic heterocycles. The minimum Gasteiger partial charge on any atom is -0.378 e. The predicted octanol–water partition coefficient (Wildman–Crippen LogP) is 3.25. The molecule has 2 amide bonds. The first-order chi connectivity index (χ1) is 13.7. The van der Waals surface area contributed by atoms with Crippen molar-refractivity contribution >= 4 is 39.6 Å². The van der Waals surface area contributed by atoms with Crippen LogP contribution in [0.25, 0.3) is 10.8 Å². The highest BCUT2D eigenvalue weighted by Gasteiger charge is 2.19. The van der Waals surface area contributed by atoms with Crippen LogP contribution in [-0.4, -0.2) is 38.1 Å². The standard InChI is InChI=1S/C22H21N3O3/c26-21(23-18-10-5-7-16-6-1-2-8-17(16)18)22(27)24-19-9-3-4-11-20(19)25-12-14-28-15-13-25/h1-11H,12-15H2,(H,23,26)(H,24,27). The van der Waals surface area contributed by atoms with Gasteiger partial charge in [-0.3, -0.25) is 9.59 Å². The third kappa shape index (κ3) is 3.82. The molecule has 6 nitrogen and oxygen atoms in total. The molecule has 0 atom stereocenters. The smallest absolute Gasteiger partial charge is 0.314 e. The number of carbonyl (C=O) groups is 2. The molecule has 3 aromatic rings. The molecule has 0 bridgehead atoms. The van der Waals surface area contributed by atoms with Gasteiger partial charge >= 0.3 is 11.8 Å².